The molecule has 1 rings (SSSR count). The first kappa shape index (κ1) is 24.5. The van der Waals surface area contributed by atoms with Gasteiger partial charge in [0.15, 0.2) is 0 Å². The molecular formula is C17H34N2O5. The summed E-state index contributed by atoms with van der Waals surface area (Å²) in [4.78, 5) is 29.8. The molecule has 7 heteroatoms. The zero-order valence-electron chi connectivity index (χ0n) is 15.6. The molecule has 1 aliphatic rings. The van der Waals surface area contributed by atoms with E-state index in [1.165, 1.54) is 39.2 Å². The van der Waals surface area contributed by atoms with E-state index in [9.17, 15) is 14.4 Å². The fourth-order valence-corrected chi connectivity index (χ4v) is 2.13. The standard InChI is InChI=1S/C10H19NO2.C4H10.C3H5NO3/c1-8(11-10(12)13-2)9-6-4-3-5-7-9;1-4(2)3;5-2-4-1-3(6)7/h8-9H,3-7H2,1-2H3,(H,11,12);4H,1-3H3;2H,1H2,(H,4,5)(H,6,7). The zero-order valence-corrected chi connectivity index (χ0v) is 15.6. The third-order valence-electron chi connectivity index (χ3n) is 3.22. The second-order valence-electron chi connectivity index (χ2n) is 6.45. The number of amides is 2. The second-order valence-corrected chi connectivity index (χ2v) is 6.45. The molecule has 1 atom stereocenters. The minimum atomic E-state index is -1.04. The minimum Gasteiger partial charge on any atom is -0.480 e. The molecule has 0 aromatic carbocycles. The van der Waals surface area contributed by atoms with Crippen LogP contribution in [0.25, 0.3) is 0 Å². The van der Waals surface area contributed by atoms with Crippen molar-refractivity contribution in [1.29, 1.82) is 0 Å². The highest BCUT2D eigenvalue weighted by molar-refractivity contribution is 5.71. The number of alkyl carbamates (subject to hydrolysis) is 1. The van der Waals surface area contributed by atoms with Gasteiger partial charge in [0.05, 0.1) is 7.11 Å². The van der Waals surface area contributed by atoms with Crippen LogP contribution in [0.5, 0.6) is 0 Å². The van der Waals surface area contributed by atoms with Gasteiger partial charge in [-0.05, 0) is 31.6 Å². The maximum absolute atomic E-state index is 10.9. The van der Waals surface area contributed by atoms with E-state index in [1.54, 1.807) is 0 Å². The van der Waals surface area contributed by atoms with Gasteiger partial charge >= 0.3 is 12.1 Å². The van der Waals surface area contributed by atoms with Crippen molar-refractivity contribution in [2.75, 3.05) is 13.7 Å². The van der Waals surface area contributed by atoms with Crippen LogP contribution in [0.3, 0.4) is 0 Å². The van der Waals surface area contributed by atoms with Gasteiger partial charge in [-0.2, -0.15) is 0 Å². The Morgan fingerprint density at radius 3 is 2.00 bits per heavy atom. The third kappa shape index (κ3) is 18.3. The number of ether oxygens (including phenoxy) is 1. The van der Waals surface area contributed by atoms with Crippen molar-refractivity contribution in [3.05, 3.63) is 0 Å². The summed E-state index contributed by atoms with van der Waals surface area (Å²) >= 11 is 0. The molecule has 1 unspecified atom stereocenters. The van der Waals surface area contributed by atoms with E-state index in [4.69, 9.17) is 5.11 Å². The highest BCUT2D eigenvalue weighted by Gasteiger charge is 2.21. The molecule has 0 saturated heterocycles. The lowest BCUT2D eigenvalue weighted by molar-refractivity contribution is -0.136. The number of nitrogens with one attached hydrogen (secondary N) is 2. The number of carbonyl (C=O) groups excluding carboxylic acids is 2. The van der Waals surface area contributed by atoms with Crippen molar-refractivity contribution in [3.63, 3.8) is 0 Å². The van der Waals surface area contributed by atoms with E-state index >= 15 is 0 Å². The lowest BCUT2D eigenvalue weighted by atomic mass is 9.85. The number of hydrogen-bond donors (Lipinski definition) is 3. The van der Waals surface area contributed by atoms with Crippen molar-refractivity contribution < 1.29 is 24.2 Å². The lowest BCUT2D eigenvalue weighted by Crippen LogP contribution is -2.38. The van der Waals surface area contributed by atoms with Crippen LogP contribution in [0.15, 0.2) is 0 Å². The van der Waals surface area contributed by atoms with Crippen LogP contribution >= 0.6 is 0 Å². The Labute approximate surface area is 145 Å². The summed E-state index contributed by atoms with van der Waals surface area (Å²) in [6.07, 6.45) is 6.47. The van der Waals surface area contributed by atoms with Gasteiger partial charge in [0.2, 0.25) is 6.41 Å². The largest absolute Gasteiger partial charge is 0.480 e. The van der Waals surface area contributed by atoms with Gasteiger partial charge in [0.25, 0.3) is 0 Å². The molecule has 0 aromatic heterocycles. The molecule has 0 aliphatic heterocycles. The van der Waals surface area contributed by atoms with Gasteiger partial charge in [-0.25, -0.2) is 4.79 Å². The fourth-order valence-electron chi connectivity index (χ4n) is 2.13. The number of methoxy groups -OCH3 is 1. The molecule has 0 radical (unpaired) electrons. The number of carbonyl (C=O) groups is 3. The maximum Gasteiger partial charge on any atom is 0.407 e. The summed E-state index contributed by atoms with van der Waals surface area (Å²) < 4.78 is 4.56. The number of carboxylic acids is 1. The maximum atomic E-state index is 10.9. The molecular weight excluding hydrogens is 312 g/mol. The van der Waals surface area contributed by atoms with Crippen molar-refractivity contribution >= 4 is 18.5 Å². The molecule has 0 bridgehead atoms. The molecule has 2 amide bonds. The molecule has 0 aromatic rings. The number of carboxylic acid groups (broad SMARTS) is 1. The summed E-state index contributed by atoms with van der Waals surface area (Å²) in [5.74, 6) is 0.444. The Kier molecular flexibility index (Phi) is 16.4. The van der Waals surface area contributed by atoms with Crippen LogP contribution in [0.2, 0.25) is 0 Å². The van der Waals surface area contributed by atoms with Crippen molar-refractivity contribution in [2.45, 2.75) is 65.8 Å². The Balaban J connectivity index is 0. The number of rotatable bonds is 5. The zero-order chi connectivity index (χ0) is 19.0. The van der Waals surface area contributed by atoms with Gasteiger partial charge in [0, 0.05) is 6.04 Å². The molecule has 142 valence electrons. The first-order valence-electron chi connectivity index (χ1n) is 8.47. The van der Waals surface area contributed by atoms with Crippen LogP contribution in [-0.2, 0) is 14.3 Å². The van der Waals surface area contributed by atoms with Crippen molar-refractivity contribution in [2.24, 2.45) is 11.8 Å². The van der Waals surface area contributed by atoms with Gasteiger partial charge in [0.1, 0.15) is 6.54 Å². The van der Waals surface area contributed by atoms with Crippen molar-refractivity contribution in [1.82, 2.24) is 10.6 Å². The third-order valence-corrected chi connectivity index (χ3v) is 3.22. The SMILES string of the molecule is CC(C)C.COC(=O)NC(C)C1CCCCC1.O=CNCC(=O)O. The Bertz CT molecular complexity index is 339. The van der Waals surface area contributed by atoms with Crippen molar-refractivity contribution in [3.8, 4) is 0 Å². The molecule has 24 heavy (non-hydrogen) atoms. The molecule has 1 saturated carbocycles. The normalized spacial score (nSPS) is 14.9. The smallest absolute Gasteiger partial charge is 0.407 e. The minimum absolute atomic E-state index is 0.257. The van der Waals surface area contributed by atoms with Crippen LogP contribution in [0.1, 0.15) is 59.8 Å². The Morgan fingerprint density at radius 1 is 1.17 bits per heavy atom. The van der Waals surface area contributed by atoms with Gasteiger partial charge in [-0.1, -0.05) is 40.0 Å². The summed E-state index contributed by atoms with van der Waals surface area (Å²) in [5, 5.41) is 12.6. The monoisotopic (exact) mass is 346 g/mol. The van der Waals surface area contributed by atoms with Crippen LogP contribution in [0.4, 0.5) is 4.79 Å². The van der Waals surface area contributed by atoms with Gasteiger partial charge in [-0.3, -0.25) is 9.59 Å². The lowest BCUT2D eigenvalue weighted by Gasteiger charge is -2.27. The summed E-state index contributed by atoms with van der Waals surface area (Å²) in [5.41, 5.74) is 0. The predicted octanol–water partition coefficient (Wildman–Crippen LogP) is 2.79. The Hall–Kier alpha value is -1.79. The first-order valence-corrected chi connectivity index (χ1v) is 8.47. The van der Waals surface area contributed by atoms with Gasteiger partial charge < -0.3 is 20.5 Å². The van der Waals surface area contributed by atoms with Crippen LogP contribution in [0, 0.1) is 11.8 Å². The second kappa shape index (κ2) is 16.1. The first-order chi connectivity index (χ1) is 11.2. The van der Waals surface area contributed by atoms with Gasteiger partial charge in [-0.15, -0.1) is 0 Å². The highest BCUT2D eigenvalue weighted by atomic mass is 16.5. The average molecular weight is 346 g/mol. The highest BCUT2D eigenvalue weighted by Crippen LogP contribution is 2.26. The number of hydrogen-bond acceptors (Lipinski definition) is 4. The van der Waals surface area contributed by atoms with E-state index in [2.05, 4.69) is 37.7 Å². The molecule has 7 nitrogen and oxygen atoms in total. The summed E-state index contributed by atoms with van der Waals surface area (Å²) in [7, 11) is 1.41. The predicted molar refractivity (Wildman–Crippen MR) is 93.8 cm³/mol. The molecule has 3 N–H and O–H groups in total. The van der Waals surface area contributed by atoms with E-state index < -0.39 is 5.97 Å². The topological polar surface area (TPSA) is 105 Å². The van der Waals surface area contributed by atoms with E-state index in [0.717, 1.165) is 5.92 Å². The molecule has 1 fully saturated rings. The quantitative estimate of drug-likeness (QED) is 0.664. The van der Waals surface area contributed by atoms with E-state index in [1.807, 2.05) is 5.32 Å². The summed E-state index contributed by atoms with van der Waals surface area (Å²) in [6, 6.07) is 0.257. The van der Waals surface area contributed by atoms with Crippen LogP contribution < -0.4 is 10.6 Å². The summed E-state index contributed by atoms with van der Waals surface area (Å²) in [6.45, 7) is 8.26. The molecule has 0 spiro atoms. The number of aliphatic carboxylic acids is 1. The Morgan fingerprint density at radius 2 is 1.67 bits per heavy atom. The fraction of sp³-hybridized carbons (Fsp3) is 0.824. The molecule has 1 aliphatic carbocycles. The van der Waals surface area contributed by atoms with Crippen LogP contribution in [-0.4, -0.2) is 43.3 Å². The van der Waals surface area contributed by atoms with E-state index in [0.29, 0.717) is 12.3 Å². The average Bonchev–Trinajstić information content (AvgIpc) is 2.53. The van der Waals surface area contributed by atoms with E-state index in [-0.39, 0.29) is 18.7 Å². The molecule has 0 heterocycles.